The van der Waals surface area contributed by atoms with Gasteiger partial charge in [-0.15, -0.1) is 0 Å². The maximum Gasteiger partial charge on any atom is 0.306 e. The fourth-order valence-corrected chi connectivity index (χ4v) is 2.22. The van der Waals surface area contributed by atoms with E-state index < -0.39 is 11.6 Å². The average Bonchev–Trinajstić information content (AvgIpc) is 2.36. The van der Waals surface area contributed by atoms with Crippen LogP contribution >= 0.6 is 0 Å². The highest BCUT2D eigenvalue weighted by molar-refractivity contribution is 5.79. The summed E-state index contributed by atoms with van der Waals surface area (Å²) in [5.74, 6) is -1.18. The Kier molecular flexibility index (Phi) is 5.35. The Morgan fingerprint density at radius 3 is 2.11 bits per heavy atom. The molecule has 0 radical (unpaired) electrons. The van der Waals surface area contributed by atoms with Gasteiger partial charge in [-0.3, -0.25) is 9.59 Å². The normalized spacial score (nSPS) is 26.8. The largest absolute Gasteiger partial charge is 0.481 e. The van der Waals surface area contributed by atoms with Crippen molar-refractivity contribution in [2.75, 3.05) is 6.54 Å². The Morgan fingerprint density at radius 1 is 1.21 bits per heavy atom. The fraction of sp³-hybridized carbons (Fsp3) is 0.857. The molecule has 0 aromatic rings. The van der Waals surface area contributed by atoms with E-state index in [9.17, 15) is 14.7 Å². The van der Waals surface area contributed by atoms with E-state index in [0.717, 1.165) is 0 Å². The number of rotatable bonds is 5. The van der Waals surface area contributed by atoms with Crippen molar-refractivity contribution in [3.05, 3.63) is 0 Å². The van der Waals surface area contributed by atoms with Gasteiger partial charge in [0.15, 0.2) is 0 Å². The van der Waals surface area contributed by atoms with E-state index in [-0.39, 0.29) is 30.2 Å². The fourth-order valence-electron chi connectivity index (χ4n) is 2.22. The minimum atomic E-state index is -0.909. The first-order valence-electron chi connectivity index (χ1n) is 6.97. The Hall–Kier alpha value is -1.10. The molecule has 5 nitrogen and oxygen atoms in total. The van der Waals surface area contributed by atoms with Crippen LogP contribution < -0.4 is 5.32 Å². The minimum Gasteiger partial charge on any atom is -0.481 e. The topological polar surface area (TPSA) is 86.6 Å². The van der Waals surface area contributed by atoms with Crippen LogP contribution in [-0.4, -0.2) is 34.2 Å². The van der Waals surface area contributed by atoms with Gasteiger partial charge in [-0.05, 0) is 38.5 Å². The molecule has 1 saturated carbocycles. The maximum atomic E-state index is 12.0. The minimum absolute atomic E-state index is 0.0650. The zero-order chi connectivity index (χ0) is 14.6. The second kappa shape index (κ2) is 6.37. The number of carbonyl (C=O) groups excluding carboxylic acids is 1. The quantitative estimate of drug-likeness (QED) is 0.705. The number of carboxylic acids is 1. The van der Waals surface area contributed by atoms with Gasteiger partial charge in [-0.2, -0.15) is 0 Å². The van der Waals surface area contributed by atoms with Gasteiger partial charge in [-0.25, -0.2) is 0 Å². The lowest BCUT2D eigenvalue weighted by molar-refractivity contribution is -0.144. The Balaban J connectivity index is 2.38. The van der Waals surface area contributed by atoms with Crippen molar-refractivity contribution < 1.29 is 19.8 Å². The van der Waals surface area contributed by atoms with Gasteiger partial charge < -0.3 is 15.5 Å². The molecule has 1 amide bonds. The van der Waals surface area contributed by atoms with Crippen molar-refractivity contribution in [3.8, 4) is 0 Å². The van der Waals surface area contributed by atoms with Crippen molar-refractivity contribution in [2.24, 2.45) is 17.8 Å². The molecule has 1 unspecified atom stereocenters. The van der Waals surface area contributed by atoms with E-state index in [1.165, 1.54) is 0 Å². The van der Waals surface area contributed by atoms with Gasteiger partial charge in [0.05, 0.1) is 11.5 Å². The lowest BCUT2D eigenvalue weighted by Gasteiger charge is -2.30. The summed E-state index contributed by atoms with van der Waals surface area (Å²) in [7, 11) is 0. The molecule has 1 aliphatic carbocycles. The summed E-state index contributed by atoms with van der Waals surface area (Å²) in [6.45, 7) is 5.76. The molecule has 0 aliphatic heterocycles. The molecule has 5 heteroatoms. The Bertz CT molecular complexity index is 330. The molecule has 3 N–H and O–H groups in total. The number of hydrogen-bond acceptors (Lipinski definition) is 3. The van der Waals surface area contributed by atoms with Crippen LogP contribution in [0.1, 0.15) is 46.5 Å². The van der Waals surface area contributed by atoms with Gasteiger partial charge in [-0.1, -0.05) is 13.8 Å². The van der Waals surface area contributed by atoms with Crippen molar-refractivity contribution in [2.45, 2.75) is 52.1 Å². The average molecular weight is 271 g/mol. The summed E-state index contributed by atoms with van der Waals surface area (Å²) in [4.78, 5) is 22.8. The first-order chi connectivity index (χ1) is 8.74. The monoisotopic (exact) mass is 271 g/mol. The number of nitrogens with one attached hydrogen (secondary N) is 1. The summed E-state index contributed by atoms with van der Waals surface area (Å²) >= 11 is 0. The molecule has 1 aliphatic rings. The molecule has 110 valence electrons. The van der Waals surface area contributed by atoms with Crippen molar-refractivity contribution in [1.82, 2.24) is 5.32 Å². The molecule has 0 bridgehead atoms. The Morgan fingerprint density at radius 2 is 1.68 bits per heavy atom. The SMILES string of the molecule is CC(C)C(C)(O)CNC(=O)C1CCC(C(=O)O)CC1. The molecule has 0 heterocycles. The highest BCUT2D eigenvalue weighted by atomic mass is 16.4. The molecule has 0 saturated heterocycles. The standard InChI is InChI=1S/C14H25NO4/c1-9(2)14(3,19)8-15-12(16)10-4-6-11(7-5-10)13(17)18/h9-11,19H,4-8H2,1-3H3,(H,15,16)(H,17,18). The number of aliphatic hydroxyl groups is 1. The number of carboxylic acid groups (broad SMARTS) is 1. The first kappa shape index (κ1) is 16.0. The number of amides is 1. The third-order valence-electron chi connectivity index (χ3n) is 4.31. The van der Waals surface area contributed by atoms with Crippen LogP contribution in [0, 0.1) is 17.8 Å². The maximum absolute atomic E-state index is 12.0. The number of aliphatic carboxylic acids is 1. The smallest absolute Gasteiger partial charge is 0.306 e. The van der Waals surface area contributed by atoms with Gasteiger partial charge in [0.2, 0.25) is 5.91 Å². The number of carbonyl (C=O) groups is 2. The molecule has 0 aromatic carbocycles. The summed E-state index contributed by atoms with van der Waals surface area (Å²) < 4.78 is 0. The molecule has 1 fully saturated rings. The van der Waals surface area contributed by atoms with E-state index in [0.29, 0.717) is 25.7 Å². The summed E-state index contributed by atoms with van der Waals surface area (Å²) in [6.07, 6.45) is 2.36. The van der Waals surface area contributed by atoms with E-state index >= 15 is 0 Å². The highest BCUT2D eigenvalue weighted by Gasteiger charge is 2.31. The lowest BCUT2D eigenvalue weighted by Crippen LogP contribution is -2.46. The molecule has 19 heavy (non-hydrogen) atoms. The number of hydrogen-bond donors (Lipinski definition) is 3. The summed E-state index contributed by atoms with van der Waals surface area (Å²) in [5.41, 5.74) is -0.909. The van der Waals surface area contributed by atoms with Crippen LogP contribution in [0.4, 0.5) is 0 Å². The predicted molar refractivity (Wildman–Crippen MR) is 71.6 cm³/mol. The third-order valence-corrected chi connectivity index (χ3v) is 4.31. The molecular weight excluding hydrogens is 246 g/mol. The Labute approximate surface area is 114 Å². The van der Waals surface area contributed by atoms with Crippen LogP contribution in [0.3, 0.4) is 0 Å². The van der Waals surface area contributed by atoms with Gasteiger partial charge >= 0.3 is 5.97 Å². The van der Waals surface area contributed by atoms with Gasteiger partial charge in [0.1, 0.15) is 0 Å². The molecule has 0 spiro atoms. The molecule has 0 aromatic heterocycles. The van der Waals surface area contributed by atoms with Crippen molar-refractivity contribution >= 4 is 11.9 Å². The second-order valence-corrected chi connectivity index (χ2v) is 6.12. The third kappa shape index (κ3) is 4.49. The van der Waals surface area contributed by atoms with Crippen LogP contribution in [0.2, 0.25) is 0 Å². The highest BCUT2D eigenvalue weighted by Crippen LogP contribution is 2.29. The zero-order valence-corrected chi connectivity index (χ0v) is 12.0. The molecule has 1 atom stereocenters. The summed E-state index contributed by atoms with van der Waals surface area (Å²) in [5, 5.41) is 21.7. The van der Waals surface area contributed by atoms with E-state index in [1.54, 1.807) is 6.92 Å². The van der Waals surface area contributed by atoms with Crippen LogP contribution in [0.5, 0.6) is 0 Å². The van der Waals surface area contributed by atoms with Crippen LogP contribution in [0.15, 0.2) is 0 Å². The first-order valence-corrected chi connectivity index (χ1v) is 6.97. The predicted octanol–water partition coefficient (Wildman–Crippen LogP) is 1.40. The second-order valence-electron chi connectivity index (χ2n) is 6.12. The lowest BCUT2D eigenvalue weighted by atomic mass is 9.81. The zero-order valence-electron chi connectivity index (χ0n) is 12.0. The van der Waals surface area contributed by atoms with Crippen molar-refractivity contribution in [1.29, 1.82) is 0 Å². The van der Waals surface area contributed by atoms with Crippen molar-refractivity contribution in [3.63, 3.8) is 0 Å². The van der Waals surface area contributed by atoms with E-state index in [4.69, 9.17) is 5.11 Å². The van der Waals surface area contributed by atoms with Crippen LogP contribution in [-0.2, 0) is 9.59 Å². The van der Waals surface area contributed by atoms with E-state index in [2.05, 4.69) is 5.32 Å². The van der Waals surface area contributed by atoms with Crippen LogP contribution in [0.25, 0.3) is 0 Å². The summed E-state index contributed by atoms with van der Waals surface area (Å²) in [6, 6.07) is 0. The molecule has 1 rings (SSSR count). The van der Waals surface area contributed by atoms with Gasteiger partial charge in [0.25, 0.3) is 0 Å². The van der Waals surface area contributed by atoms with E-state index in [1.807, 2.05) is 13.8 Å². The molecular formula is C14H25NO4. The van der Waals surface area contributed by atoms with Gasteiger partial charge in [0, 0.05) is 12.5 Å².